The number of carbonyl (C=O) groups is 1. The van der Waals surface area contributed by atoms with Gasteiger partial charge in [0.2, 0.25) is 0 Å². The van der Waals surface area contributed by atoms with Crippen LogP contribution in [-0.4, -0.2) is 16.1 Å². The number of aliphatic carboxylic acids is 1. The second kappa shape index (κ2) is 5.78. The van der Waals surface area contributed by atoms with Gasteiger partial charge in [-0.15, -0.1) is 0 Å². The van der Waals surface area contributed by atoms with E-state index in [2.05, 4.69) is 4.98 Å². The molecule has 22 heavy (non-hydrogen) atoms. The van der Waals surface area contributed by atoms with E-state index in [-0.39, 0.29) is 0 Å². The maximum atomic E-state index is 11.3. The monoisotopic (exact) mass is 311 g/mol. The Balaban J connectivity index is 2.24. The number of halogens is 1. The summed E-state index contributed by atoms with van der Waals surface area (Å²) in [5.41, 5.74) is 2.58. The Morgan fingerprint density at radius 1 is 1.09 bits per heavy atom. The largest absolute Gasteiger partial charge is 0.481 e. The molecule has 3 aromatic rings. The molecule has 2 aromatic carbocycles. The number of aromatic nitrogens is 1. The van der Waals surface area contributed by atoms with Crippen LogP contribution in [0.5, 0.6) is 0 Å². The standard InChI is InChI=1S/C18H14ClNO2/c1-11(18(21)22)14-3-2-4-16-15(14)9-10-20-17(16)12-5-7-13(19)8-6-12/h2-11H,1H3,(H,21,22). The van der Waals surface area contributed by atoms with E-state index in [4.69, 9.17) is 11.6 Å². The van der Waals surface area contributed by atoms with Crippen molar-refractivity contribution in [2.75, 3.05) is 0 Å². The summed E-state index contributed by atoms with van der Waals surface area (Å²) in [6.07, 6.45) is 1.71. The predicted octanol–water partition coefficient (Wildman–Crippen LogP) is 4.74. The number of hydrogen-bond donors (Lipinski definition) is 1. The van der Waals surface area contributed by atoms with Crippen LogP contribution in [0.25, 0.3) is 22.0 Å². The molecule has 0 bridgehead atoms. The van der Waals surface area contributed by atoms with E-state index in [0.29, 0.717) is 5.02 Å². The fourth-order valence-corrected chi connectivity index (χ4v) is 2.71. The molecule has 0 saturated carbocycles. The Morgan fingerprint density at radius 2 is 1.82 bits per heavy atom. The lowest BCUT2D eigenvalue weighted by Gasteiger charge is -2.13. The van der Waals surface area contributed by atoms with Gasteiger partial charge in [0.1, 0.15) is 0 Å². The van der Waals surface area contributed by atoms with Gasteiger partial charge in [0.15, 0.2) is 0 Å². The van der Waals surface area contributed by atoms with Crippen LogP contribution in [0.15, 0.2) is 54.7 Å². The summed E-state index contributed by atoms with van der Waals surface area (Å²) in [6, 6.07) is 15.0. The fraction of sp³-hybridized carbons (Fsp3) is 0.111. The van der Waals surface area contributed by atoms with E-state index in [9.17, 15) is 9.90 Å². The maximum Gasteiger partial charge on any atom is 0.310 e. The number of fused-ring (bicyclic) bond motifs is 1. The smallest absolute Gasteiger partial charge is 0.310 e. The zero-order valence-electron chi connectivity index (χ0n) is 12.0. The van der Waals surface area contributed by atoms with Crippen molar-refractivity contribution in [1.82, 2.24) is 4.98 Å². The van der Waals surface area contributed by atoms with E-state index < -0.39 is 11.9 Å². The topological polar surface area (TPSA) is 50.2 Å². The predicted molar refractivity (Wildman–Crippen MR) is 88.2 cm³/mol. The Bertz CT molecular complexity index is 843. The van der Waals surface area contributed by atoms with Crippen LogP contribution in [0.2, 0.25) is 5.02 Å². The molecule has 1 heterocycles. The second-order valence-corrected chi connectivity index (χ2v) is 5.61. The van der Waals surface area contributed by atoms with Crippen LogP contribution < -0.4 is 0 Å². The Hall–Kier alpha value is -2.39. The molecule has 0 spiro atoms. The molecule has 0 aliphatic heterocycles. The average Bonchev–Trinajstić information content (AvgIpc) is 2.54. The normalized spacial score (nSPS) is 12.3. The van der Waals surface area contributed by atoms with E-state index >= 15 is 0 Å². The number of rotatable bonds is 3. The Morgan fingerprint density at radius 3 is 2.50 bits per heavy atom. The van der Waals surface area contributed by atoms with Crippen molar-refractivity contribution in [2.45, 2.75) is 12.8 Å². The first-order chi connectivity index (χ1) is 10.6. The number of hydrogen-bond acceptors (Lipinski definition) is 2. The molecule has 4 heteroatoms. The molecule has 1 N–H and O–H groups in total. The van der Waals surface area contributed by atoms with Gasteiger partial charge in [0.25, 0.3) is 0 Å². The highest BCUT2D eigenvalue weighted by Crippen LogP contribution is 2.32. The van der Waals surface area contributed by atoms with Gasteiger partial charge in [-0.05, 0) is 36.1 Å². The molecule has 0 saturated heterocycles. The number of carboxylic acids is 1. The van der Waals surface area contributed by atoms with Crippen molar-refractivity contribution in [2.24, 2.45) is 0 Å². The average molecular weight is 312 g/mol. The molecular formula is C18H14ClNO2. The Kier molecular flexibility index (Phi) is 3.82. The van der Waals surface area contributed by atoms with Crippen molar-refractivity contribution in [3.63, 3.8) is 0 Å². The minimum atomic E-state index is -0.836. The molecule has 0 radical (unpaired) electrons. The molecule has 1 unspecified atom stereocenters. The van der Waals surface area contributed by atoms with E-state index in [1.165, 1.54) is 0 Å². The third-order valence-corrected chi connectivity index (χ3v) is 4.05. The zero-order valence-corrected chi connectivity index (χ0v) is 12.7. The molecular weight excluding hydrogens is 298 g/mol. The van der Waals surface area contributed by atoms with Gasteiger partial charge in [-0.25, -0.2) is 0 Å². The number of carboxylic acid groups (broad SMARTS) is 1. The summed E-state index contributed by atoms with van der Waals surface area (Å²) in [4.78, 5) is 15.8. The van der Waals surface area contributed by atoms with Gasteiger partial charge >= 0.3 is 5.97 Å². The van der Waals surface area contributed by atoms with E-state index in [1.807, 2.05) is 48.5 Å². The van der Waals surface area contributed by atoms with E-state index in [1.54, 1.807) is 13.1 Å². The molecule has 0 fully saturated rings. The summed E-state index contributed by atoms with van der Waals surface area (Å²) in [7, 11) is 0. The van der Waals surface area contributed by atoms with E-state index in [0.717, 1.165) is 27.6 Å². The molecule has 3 nitrogen and oxygen atoms in total. The summed E-state index contributed by atoms with van der Waals surface area (Å²) in [6.45, 7) is 1.69. The first-order valence-electron chi connectivity index (χ1n) is 6.94. The lowest BCUT2D eigenvalue weighted by molar-refractivity contribution is -0.138. The molecule has 0 aliphatic rings. The Labute approximate surface area is 133 Å². The van der Waals surface area contributed by atoms with Gasteiger partial charge in [0, 0.05) is 22.2 Å². The zero-order chi connectivity index (χ0) is 15.7. The van der Waals surface area contributed by atoms with Crippen LogP contribution in [0.4, 0.5) is 0 Å². The van der Waals surface area contributed by atoms with Gasteiger partial charge in [0.05, 0.1) is 11.6 Å². The van der Waals surface area contributed by atoms with Crippen molar-refractivity contribution in [3.05, 3.63) is 65.3 Å². The lowest BCUT2D eigenvalue weighted by atomic mass is 9.93. The fourth-order valence-electron chi connectivity index (χ4n) is 2.58. The third kappa shape index (κ3) is 2.55. The van der Waals surface area contributed by atoms with Crippen molar-refractivity contribution in [3.8, 4) is 11.3 Å². The summed E-state index contributed by atoms with van der Waals surface area (Å²) in [5.74, 6) is -1.40. The quantitative estimate of drug-likeness (QED) is 0.760. The first-order valence-corrected chi connectivity index (χ1v) is 7.32. The lowest BCUT2D eigenvalue weighted by Crippen LogP contribution is -2.08. The van der Waals surface area contributed by atoms with Gasteiger partial charge in [-0.1, -0.05) is 41.9 Å². The molecule has 0 amide bonds. The van der Waals surface area contributed by atoms with Crippen molar-refractivity contribution in [1.29, 1.82) is 0 Å². The second-order valence-electron chi connectivity index (χ2n) is 5.17. The van der Waals surface area contributed by atoms with Crippen molar-refractivity contribution >= 4 is 28.3 Å². The van der Waals surface area contributed by atoms with Gasteiger partial charge in [-0.3, -0.25) is 9.78 Å². The van der Waals surface area contributed by atoms with Crippen LogP contribution >= 0.6 is 11.6 Å². The minimum absolute atomic E-state index is 0.566. The number of nitrogens with zero attached hydrogens (tertiary/aromatic N) is 1. The highest BCUT2D eigenvalue weighted by Gasteiger charge is 2.17. The summed E-state index contributed by atoms with van der Waals surface area (Å²) in [5, 5.41) is 11.8. The number of pyridine rings is 1. The SMILES string of the molecule is CC(C(=O)O)c1cccc2c(-c3ccc(Cl)cc3)nccc12. The van der Waals surface area contributed by atoms with Crippen LogP contribution in [0, 0.1) is 0 Å². The molecule has 110 valence electrons. The molecule has 0 aliphatic carbocycles. The maximum absolute atomic E-state index is 11.3. The molecule has 3 rings (SSSR count). The van der Waals surface area contributed by atoms with Crippen LogP contribution in [-0.2, 0) is 4.79 Å². The third-order valence-electron chi connectivity index (χ3n) is 3.79. The molecule has 1 aromatic heterocycles. The minimum Gasteiger partial charge on any atom is -0.481 e. The van der Waals surface area contributed by atoms with Crippen molar-refractivity contribution < 1.29 is 9.90 Å². The highest BCUT2D eigenvalue weighted by molar-refractivity contribution is 6.30. The van der Waals surface area contributed by atoms with Gasteiger partial charge in [-0.2, -0.15) is 0 Å². The van der Waals surface area contributed by atoms with Crippen LogP contribution in [0.3, 0.4) is 0 Å². The summed E-state index contributed by atoms with van der Waals surface area (Å²) >= 11 is 5.93. The number of benzene rings is 2. The van der Waals surface area contributed by atoms with Crippen LogP contribution in [0.1, 0.15) is 18.4 Å². The highest BCUT2D eigenvalue weighted by atomic mass is 35.5. The first kappa shape index (κ1) is 14.5. The summed E-state index contributed by atoms with van der Waals surface area (Å²) < 4.78 is 0. The van der Waals surface area contributed by atoms with Gasteiger partial charge < -0.3 is 5.11 Å². The molecule has 1 atom stereocenters.